The number of carboxylic acids is 1. The van der Waals surface area contributed by atoms with Gasteiger partial charge in [0.1, 0.15) is 5.78 Å². The molecule has 3 N–H and O–H groups in total. The van der Waals surface area contributed by atoms with Gasteiger partial charge >= 0.3 is 0 Å². The number of Topliss-reactive ketones (excluding diaryl/α,β-unsaturated/α-hetero) is 1. The maximum absolute atomic E-state index is 9.44. The Labute approximate surface area is 116 Å². The molecule has 0 bridgehead atoms. The topological polar surface area (TPSA) is 104 Å². The first-order valence-electron chi connectivity index (χ1n) is 6.10. The average molecular weight is 282 g/mol. The minimum atomic E-state index is -0.833. The zero-order valence-electron chi connectivity index (χ0n) is 13.0. The lowest BCUT2D eigenvalue weighted by Crippen LogP contribution is -2.07. The van der Waals surface area contributed by atoms with Crippen LogP contribution in [-0.4, -0.2) is 53.5 Å². The number of aliphatic hydroxyl groups is 2. The molecule has 1 unspecified atom stereocenters. The molecule has 0 spiro atoms. The highest BCUT2D eigenvalue weighted by molar-refractivity contribution is 5.72. The van der Waals surface area contributed by atoms with Crippen LogP contribution in [0, 0.1) is 0 Å². The monoisotopic (exact) mass is 282 g/mol. The quantitative estimate of drug-likeness (QED) is 0.721. The molecule has 0 fully saturated rings. The molecule has 0 rings (SSSR count). The molecule has 0 aliphatic rings. The van der Waals surface area contributed by atoms with E-state index in [1.54, 1.807) is 14.0 Å². The second-order valence-electron chi connectivity index (χ2n) is 3.81. The van der Waals surface area contributed by atoms with E-state index in [4.69, 9.17) is 20.1 Å². The van der Waals surface area contributed by atoms with Gasteiger partial charge in [0.05, 0.1) is 12.7 Å². The number of ketones is 1. The van der Waals surface area contributed by atoms with Crippen LogP contribution in [0.25, 0.3) is 0 Å². The first-order chi connectivity index (χ1) is 8.65. The van der Waals surface area contributed by atoms with Crippen LogP contribution < -0.4 is 0 Å². The van der Waals surface area contributed by atoms with Gasteiger partial charge in [-0.15, -0.1) is 0 Å². The summed E-state index contributed by atoms with van der Waals surface area (Å²) in [4.78, 5) is 18.4. The molecule has 6 heteroatoms. The van der Waals surface area contributed by atoms with E-state index in [9.17, 15) is 4.79 Å². The zero-order chi connectivity index (χ0) is 16.3. The van der Waals surface area contributed by atoms with E-state index in [0.717, 1.165) is 19.8 Å². The van der Waals surface area contributed by atoms with Gasteiger partial charge in [-0.05, 0) is 27.2 Å². The van der Waals surface area contributed by atoms with E-state index in [0.29, 0.717) is 13.2 Å². The molecule has 0 radical (unpaired) electrons. The lowest BCUT2D eigenvalue weighted by atomic mass is 10.4. The highest BCUT2D eigenvalue weighted by Gasteiger charge is 1.87. The van der Waals surface area contributed by atoms with Gasteiger partial charge in [-0.2, -0.15) is 0 Å². The lowest BCUT2D eigenvalue weighted by Gasteiger charge is -1.97. The van der Waals surface area contributed by atoms with Crippen molar-refractivity contribution in [1.82, 2.24) is 0 Å². The summed E-state index contributed by atoms with van der Waals surface area (Å²) in [5.74, 6) is -0.667. The van der Waals surface area contributed by atoms with Gasteiger partial charge < -0.3 is 24.9 Å². The Morgan fingerprint density at radius 1 is 1.21 bits per heavy atom. The minimum absolute atomic E-state index is 0.167. The second-order valence-corrected chi connectivity index (χ2v) is 3.81. The van der Waals surface area contributed by atoms with Gasteiger partial charge in [0.2, 0.25) is 0 Å². The summed E-state index contributed by atoms with van der Waals surface area (Å²) >= 11 is 0. The summed E-state index contributed by atoms with van der Waals surface area (Å²) < 4.78 is 4.55. The van der Waals surface area contributed by atoms with Crippen molar-refractivity contribution in [3.63, 3.8) is 0 Å². The molecule has 0 saturated heterocycles. The summed E-state index contributed by atoms with van der Waals surface area (Å²) in [6.45, 7) is 8.65. The van der Waals surface area contributed by atoms with Crippen molar-refractivity contribution in [2.75, 3.05) is 20.3 Å². The molecular weight excluding hydrogens is 252 g/mol. The predicted molar refractivity (Wildman–Crippen MR) is 75.2 cm³/mol. The fourth-order valence-electron chi connectivity index (χ4n) is 0.399. The standard InChI is InChI=1S/C4H10O2.C4H10O.C3H6O.C2H4O2/c1-4(5)3-6-2;1-2-3-4-5;1-3(2)4;1-2(3)4/h4-5H,3H2,1-2H3;5H,2-4H2,1H3;1-2H3;1H3,(H,3,4). The van der Waals surface area contributed by atoms with Crippen molar-refractivity contribution in [2.45, 2.75) is 53.6 Å². The van der Waals surface area contributed by atoms with Gasteiger partial charge in [0.15, 0.2) is 0 Å². The number of hydrogen-bond acceptors (Lipinski definition) is 5. The van der Waals surface area contributed by atoms with E-state index >= 15 is 0 Å². The third-order valence-electron chi connectivity index (χ3n) is 0.920. The Balaban J connectivity index is -0.0000000803. The number of unbranched alkanes of at least 4 members (excludes halogenated alkanes) is 1. The Morgan fingerprint density at radius 2 is 1.53 bits per heavy atom. The molecule has 0 heterocycles. The molecular formula is C13H30O6. The Kier molecular flexibility index (Phi) is 36.0. The number of carboxylic acid groups (broad SMARTS) is 1. The maximum atomic E-state index is 9.44. The van der Waals surface area contributed by atoms with Crippen molar-refractivity contribution in [2.24, 2.45) is 0 Å². The van der Waals surface area contributed by atoms with Crippen LogP contribution in [0.4, 0.5) is 0 Å². The zero-order valence-corrected chi connectivity index (χ0v) is 13.0. The third-order valence-corrected chi connectivity index (χ3v) is 0.920. The minimum Gasteiger partial charge on any atom is -0.481 e. The van der Waals surface area contributed by atoms with Crippen molar-refractivity contribution in [1.29, 1.82) is 0 Å². The number of aliphatic carboxylic acids is 1. The molecule has 0 aromatic heterocycles. The molecule has 118 valence electrons. The number of hydrogen-bond donors (Lipinski definition) is 3. The van der Waals surface area contributed by atoms with Crippen LogP contribution in [0.2, 0.25) is 0 Å². The molecule has 6 nitrogen and oxygen atoms in total. The van der Waals surface area contributed by atoms with Gasteiger partial charge in [-0.3, -0.25) is 4.79 Å². The maximum Gasteiger partial charge on any atom is 0.300 e. The number of aliphatic hydroxyl groups excluding tert-OH is 2. The highest BCUT2D eigenvalue weighted by Crippen LogP contribution is 1.78. The largest absolute Gasteiger partial charge is 0.481 e. The van der Waals surface area contributed by atoms with Crippen LogP contribution in [0.1, 0.15) is 47.5 Å². The number of rotatable bonds is 4. The van der Waals surface area contributed by atoms with E-state index in [1.807, 2.05) is 0 Å². The normalized spacial score (nSPS) is 9.47. The Bertz CT molecular complexity index is 158. The van der Waals surface area contributed by atoms with E-state index < -0.39 is 5.97 Å². The van der Waals surface area contributed by atoms with Gasteiger partial charge in [-0.25, -0.2) is 0 Å². The van der Waals surface area contributed by atoms with Crippen molar-refractivity contribution < 1.29 is 29.6 Å². The smallest absolute Gasteiger partial charge is 0.300 e. The van der Waals surface area contributed by atoms with E-state index in [-0.39, 0.29) is 11.9 Å². The summed E-state index contributed by atoms with van der Waals surface area (Å²) in [6.07, 6.45) is 1.71. The van der Waals surface area contributed by atoms with Crippen LogP contribution in [0.5, 0.6) is 0 Å². The first kappa shape index (κ1) is 26.6. The second kappa shape index (κ2) is 25.8. The Morgan fingerprint density at radius 3 is 1.53 bits per heavy atom. The van der Waals surface area contributed by atoms with Gasteiger partial charge in [0.25, 0.3) is 5.97 Å². The van der Waals surface area contributed by atoms with Gasteiger partial charge in [0, 0.05) is 20.6 Å². The van der Waals surface area contributed by atoms with Crippen molar-refractivity contribution in [3.8, 4) is 0 Å². The molecule has 1 atom stereocenters. The van der Waals surface area contributed by atoms with Crippen LogP contribution in [0.3, 0.4) is 0 Å². The van der Waals surface area contributed by atoms with E-state index in [1.165, 1.54) is 13.8 Å². The number of ether oxygens (including phenoxy) is 1. The summed E-state index contributed by atoms with van der Waals surface area (Å²) in [6, 6.07) is 0. The summed E-state index contributed by atoms with van der Waals surface area (Å²) in [5.41, 5.74) is 0. The number of methoxy groups -OCH3 is 1. The van der Waals surface area contributed by atoms with Gasteiger partial charge in [-0.1, -0.05) is 13.3 Å². The fraction of sp³-hybridized carbons (Fsp3) is 0.846. The molecule has 19 heavy (non-hydrogen) atoms. The summed E-state index contributed by atoms with van der Waals surface area (Å²) in [7, 11) is 1.56. The number of carbonyl (C=O) groups is 2. The summed E-state index contributed by atoms with van der Waals surface area (Å²) in [5, 5.41) is 23.9. The fourth-order valence-corrected chi connectivity index (χ4v) is 0.399. The predicted octanol–water partition coefficient (Wildman–Crippen LogP) is 1.48. The number of carbonyl (C=O) groups excluding carboxylic acids is 1. The van der Waals surface area contributed by atoms with Crippen molar-refractivity contribution >= 4 is 11.8 Å². The molecule has 0 aliphatic heterocycles. The van der Waals surface area contributed by atoms with Crippen LogP contribution in [0.15, 0.2) is 0 Å². The third kappa shape index (κ3) is 238. The van der Waals surface area contributed by atoms with Crippen LogP contribution >= 0.6 is 0 Å². The molecule has 0 amide bonds. The highest BCUT2D eigenvalue weighted by atomic mass is 16.5. The average Bonchev–Trinajstić information content (AvgIpc) is 2.17. The molecule has 0 saturated carbocycles. The molecule has 0 aromatic rings. The molecule has 0 aromatic carbocycles. The van der Waals surface area contributed by atoms with E-state index in [2.05, 4.69) is 11.7 Å². The lowest BCUT2D eigenvalue weighted by molar-refractivity contribution is -0.134. The SMILES string of the molecule is CC(=O)O.CC(C)=O.CCCCO.COCC(C)O. The molecule has 0 aliphatic carbocycles. The first-order valence-corrected chi connectivity index (χ1v) is 6.10. The van der Waals surface area contributed by atoms with Crippen LogP contribution in [-0.2, 0) is 14.3 Å². The Hall–Kier alpha value is -0.980. The van der Waals surface area contributed by atoms with Crippen molar-refractivity contribution in [3.05, 3.63) is 0 Å².